The van der Waals surface area contributed by atoms with Crippen molar-refractivity contribution in [3.8, 4) is 0 Å². The van der Waals surface area contributed by atoms with E-state index >= 15 is 0 Å². The van der Waals surface area contributed by atoms with E-state index in [1.807, 2.05) is 23.9 Å². The summed E-state index contributed by atoms with van der Waals surface area (Å²) in [5, 5.41) is 0. The number of hydrogen-bond acceptors (Lipinski definition) is 1. The van der Waals surface area contributed by atoms with E-state index in [-0.39, 0.29) is 0 Å². The summed E-state index contributed by atoms with van der Waals surface area (Å²) in [6.07, 6.45) is 5.93. The minimum atomic E-state index is 0.620. The van der Waals surface area contributed by atoms with Crippen LogP contribution in [0.15, 0.2) is 24.8 Å². The van der Waals surface area contributed by atoms with Crippen molar-refractivity contribution in [3.05, 3.63) is 24.8 Å². The van der Waals surface area contributed by atoms with Gasteiger partial charge in [0.2, 0.25) is 0 Å². The molecular formula is C7H11ClS. The van der Waals surface area contributed by atoms with Gasteiger partial charge in [-0.1, -0.05) is 18.2 Å². The fraction of sp³-hybridized carbons (Fsp3) is 0.429. The Morgan fingerprint density at radius 3 is 2.67 bits per heavy atom. The first-order chi connectivity index (χ1) is 4.41. The van der Waals surface area contributed by atoms with Crippen LogP contribution in [-0.4, -0.2) is 17.4 Å². The van der Waals surface area contributed by atoms with Crippen molar-refractivity contribution < 1.29 is 0 Å². The van der Waals surface area contributed by atoms with E-state index in [0.29, 0.717) is 5.88 Å². The van der Waals surface area contributed by atoms with Crippen LogP contribution in [-0.2, 0) is 0 Å². The fourth-order valence-electron chi connectivity index (χ4n) is 0.350. The maximum atomic E-state index is 5.40. The number of hydrogen-bond donors (Lipinski definition) is 0. The van der Waals surface area contributed by atoms with Gasteiger partial charge >= 0.3 is 0 Å². The summed E-state index contributed by atoms with van der Waals surface area (Å²) >= 11 is 7.23. The third-order valence-electron chi connectivity index (χ3n) is 0.706. The van der Waals surface area contributed by atoms with Gasteiger partial charge in [0.25, 0.3) is 0 Å². The Morgan fingerprint density at radius 2 is 2.11 bits per heavy atom. The monoisotopic (exact) mass is 162 g/mol. The normalized spacial score (nSPS) is 10.3. The molecule has 0 rings (SSSR count). The van der Waals surface area contributed by atoms with Crippen LogP contribution in [0.3, 0.4) is 0 Å². The standard InChI is InChI=1S/C7H11ClS/c1-2-6-9-7-4-3-5-8/h2-4H,1,5-7H2/b4-3+. The van der Waals surface area contributed by atoms with E-state index in [1.54, 1.807) is 0 Å². The Morgan fingerprint density at radius 1 is 1.33 bits per heavy atom. The van der Waals surface area contributed by atoms with Gasteiger partial charge in [-0.15, -0.1) is 18.2 Å². The number of thioether (sulfide) groups is 1. The zero-order chi connectivity index (χ0) is 6.95. The van der Waals surface area contributed by atoms with Crippen molar-refractivity contribution in [3.63, 3.8) is 0 Å². The Hall–Kier alpha value is 0.120. The zero-order valence-electron chi connectivity index (χ0n) is 5.35. The average Bonchev–Trinajstić information content (AvgIpc) is 1.89. The lowest BCUT2D eigenvalue weighted by Gasteiger charge is -1.87. The highest BCUT2D eigenvalue weighted by Crippen LogP contribution is 1.99. The number of allylic oxidation sites excluding steroid dienone is 1. The van der Waals surface area contributed by atoms with Gasteiger partial charge in [0.1, 0.15) is 0 Å². The Balaban J connectivity index is 2.90. The van der Waals surface area contributed by atoms with Crippen LogP contribution in [0.1, 0.15) is 0 Å². The predicted molar refractivity (Wildman–Crippen MR) is 47.4 cm³/mol. The highest BCUT2D eigenvalue weighted by molar-refractivity contribution is 7.99. The Labute approximate surface area is 66.0 Å². The largest absolute Gasteiger partial charge is 0.154 e. The van der Waals surface area contributed by atoms with E-state index in [4.69, 9.17) is 11.6 Å². The molecule has 0 spiro atoms. The van der Waals surface area contributed by atoms with Gasteiger partial charge in [-0.05, 0) is 0 Å². The molecular weight excluding hydrogens is 152 g/mol. The van der Waals surface area contributed by atoms with Crippen molar-refractivity contribution in [1.29, 1.82) is 0 Å². The summed E-state index contributed by atoms with van der Waals surface area (Å²) in [6.45, 7) is 3.61. The molecule has 2 heteroatoms. The smallest absolute Gasteiger partial charge is 0.0404 e. The highest BCUT2D eigenvalue weighted by atomic mass is 35.5. The molecule has 0 heterocycles. The van der Waals surface area contributed by atoms with Gasteiger partial charge in [0.05, 0.1) is 0 Å². The van der Waals surface area contributed by atoms with Gasteiger partial charge < -0.3 is 0 Å². The lowest BCUT2D eigenvalue weighted by molar-refractivity contribution is 1.64. The molecule has 0 amide bonds. The molecule has 0 radical (unpaired) electrons. The third-order valence-corrected chi connectivity index (χ3v) is 1.78. The van der Waals surface area contributed by atoms with Crippen LogP contribution in [0.2, 0.25) is 0 Å². The van der Waals surface area contributed by atoms with Gasteiger partial charge in [-0.25, -0.2) is 0 Å². The van der Waals surface area contributed by atoms with Crippen LogP contribution in [0.4, 0.5) is 0 Å². The molecule has 0 aromatic heterocycles. The van der Waals surface area contributed by atoms with Gasteiger partial charge in [-0.2, -0.15) is 11.8 Å². The predicted octanol–water partition coefficient (Wildman–Crippen LogP) is 2.70. The molecule has 0 saturated heterocycles. The molecule has 0 atom stereocenters. The van der Waals surface area contributed by atoms with Gasteiger partial charge in [-0.3, -0.25) is 0 Å². The van der Waals surface area contributed by atoms with E-state index in [2.05, 4.69) is 12.7 Å². The summed E-state index contributed by atoms with van der Waals surface area (Å²) in [5.41, 5.74) is 0. The maximum absolute atomic E-state index is 5.40. The van der Waals surface area contributed by atoms with Crippen molar-refractivity contribution >= 4 is 23.4 Å². The summed E-state index contributed by atoms with van der Waals surface area (Å²) in [7, 11) is 0. The maximum Gasteiger partial charge on any atom is 0.0404 e. The lowest BCUT2D eigenvalue weighted by atomic mass is 10.6. The van der Waals surface area contributed by atoms with Crippen LogP contribution < -0.4 is 0 Å². The molecule has 52 valence electrons. The summed E-state index contributed by atoms with van der Waals surface area (Å²) in [5.74, 6) is 2.68. The first-order valence-electron chi connectivity index (χ1n) is 2.81. The van der Waals surface area contributed by atoms with E-state index in [0.717, 1.165) is 11.5 Å². The van der Waals surface area contributed by atoms with Crippen LogP contribution >= 0.6 is 23.4 Å². The first kappa shape index (κ1) is 9.12. The van der Waals surface area contributed by atoms with E-state index < -0.39 is 0 Å². The molecule has 0 aromatic carbocycles. The highest BCUT2D eigenvalue weighted by Gasteiger charge is 1.76. The van der Waals surface area contributed by atoms with Crippen molar-refractivity contribution in [1.82, 2.24) is 0 Å². The molecule has 0 nitrogen and oxygen atoms in total. The minimum absolute atomic E-state index is 0.620. The second-order valence-corrected chi connectivity index (χ2v) is 2.84. The molecule has 0 fully saturated rings. The topological polar surface area (TPSA) is 0 Å². The summed E-state index contributed by atoms with van der Waals surface area (Å²) < 4.78 is 0. The molecule has 0 saturated carbocycles. The van der Waals surface area contributed by atoms with Crippen molar-refractivity contribution in [2.45, 2.75) is 0 Å². The second kappa shape index (κ2) is 8.12. The summed E-state index contributed by atoms with van der Waals surface area (Å²) in [6, 6.07) is 0. The number of halogens is 1. The molecule has 0 N–H and O–H groups in total. The second-order valence-electron chi connectivity index (χ2n) is 1.45. The van der Waals surface area contributed by atoms with Crippen molar-refractivity contribution in [2.75, 3.05) is 17.4 Å². The minimum Gasteiger partial charge on any atom is -0.154 e. The SMILES string of the molecule is C=CCSC/C=C/CCl. The number of alkyl halides is 1. The van der Waals surface area contributed by atoms with E-state index in [1.165, 1.54) is 0 Å². The van der Waals surface area contributed by atoms with Gasteiger partial charge in [0, 0.05) is 17.4 Å². The van der Waals surface area contributed by atoms with E-state index in [9.17, 15) is 0 Å². The molecule has 0 aliphatic rings. The van der Waals surface area contributed by atoms with Crippen LogP contribution in [0, 0.1) is 0 Å². The van der Waals surface area contributed by atoms with Crippen LogP contribution in [0.5, 0.6) is 0 Å². The average molecular weight is 163 g/mol. The molecule has 0 aromatic rings. The lowest BCUT2D eigenvalue weighted by Crippen LogP contribution is -1.72. The molecule has 0 aliphatic heterocycles. The van der Waals surface area contributed by atoms with Crippen molar-refractivity contribution in [2.24, 2.45) is 0 Å². The van der Waals surface area contributed by atoms with Crippen LogP contribution in [0.25, 0.3) is 0 Å². The first-order valence-corrected chi connectivity index (χ1v) is 4.50. The Bertz CT molecular complexity index is 88.9. The molecule has 0 unspecified atom stereocenters. The van der Waals surface area contributed by atoms with Gasteiger partial charge in [0.15, 0.2) is 0 Å². The Kier molecular flexibility index (Phi) is 8.23. The molecule has 9 heavy (non-hydrogen) atoms. The zero-order valence-corrected chi connectivity index (χ0v) is 6.92. The fourth-order valence-corrected chi connectivity index (χ4v) is 1.05. The summed E-state index contributed by atoms with van der Waals surface area (Å²) in [4.78, 5) is 0. The number of rotatable bonds is 5. The quantitative estimate of drug-likeness (QED) is 0.340. The third kappa shape index (κ3) is 8.12. The molecule has 0 aliphatic carbocycles. The molecule has 0 bridgehead atoms.